The summed E-state index contributed by atoms with van der Waals surface area (Å²) in [5.41, 5.74) is 1.54. The SMILES string of the molecule is Cc1cc(NC(=O)CNS(=O)(=O)c2ccc3nc(C)sc3c2)n[nH]1. The van der Waals surface area contributed by atoms with E-state index in [-0.39, 0.29) is 11.4 Å². The van der Waals surface area contributed by atoms with E-state index in [9.17, 15) is 13.2 Å². The summed E-state index contributed by atoms with van der Waals surface area (Å²) in [5, 5.41) is 9.90. The number of carbonyl (C=O) groups is 1. The number of carbonyl (C=O) groups excluding carboxylic acids is 1. The van der Waals surface area contributed by atoms with Gasteiger partial charge in [-0.2, -0.15) is 5.10 Å². The molecule has 0 saturated heterocycles. The zero-order valence-electron chi connectivity index (χ0n) is 13.0. The van der Waals surface area contributed by atoms with E-state index in [1.54, 1.807) is 25.1 Å². The lowest BCUT2D eigenvalue weighted by atomic mass is 10.3. The summed E-state index contributed by atoms with van der Waals surface area (Å²) in [5.74, 6) is -0.155. The topological polar surface area (TPSA) is 117 Å². The van der Waals surface area contributed by atoms with Gasteiger partial charge in [0, 0.05) is 11.8 Å². The van der Waals surface area contributed by atoms with Crippen molar-refractivity contribution in [2.45, 2.75) is 18.7 Å². The molecule has 2 aromatic heterocycles. The van der Waals surface area contributed by atoms with Gasteiger partial charge in [0.1, 0.15) is 0 Å². The lowest BCUT2D eigenvalue weighted by molar-refractivity contribution is -0.115. The summed E-state index contributed by atoms with van der Waals surface area (Å²) in [6, 6.07) is 6.32. The van der Waals surface area contributed by atoms with Gasteiger partial charge in [-0.25, -0.2) is 18.1 Å². The average molecular weight is 365 g/mol. The van der Waals surface area contributed by atoms with Crippen molar-refractivity contribution in [3.8, 4) is 0 Å². The predicted molar refractivity (Wildman–Crippen MR) is 91.5 cm³/mol. The maximum absolute atomic E-state index is 12.3. The van der Waals surface area contributed by atoms with Gasteiger partial charge in [0.25, 0.3) is 0 Å². The number of nitrogens with one attached hydrogen (secondary N) is 3. The lowest BCUT2D eigenvalue weighted by Crippen LogP contribution is -2.33. The fourth-order valence-corrected chi connectivity index (χ4v) is 4.05. The van der Waals surface area contributed by atoms with Crippen LogP contribution in [0.5, 0.6) is 0 Å². The molecule has 2 heterocycles. The number of hydrogen-bond donors (Lipinski definition) is 3. The zero-order valence-corrected chi connectivity index (χ0v) is 14.6. The molecule has 0 aliphatic rings. The molecule has 1 amide bonds. The fraction of sp³-hybridized carbons (Fsp3) is 0.214. The quantitative estimate of drug-likeness (QED) is 0.634. The molecule has 0 unspecified atom stereocenters. The Morgan fingerprint density at radius 1 is 1.29 bits per heavy atom. The van der Waals surface area contributed by atoms with E-state index in [1.165, 1.54) is 17.4 Å². The lowest BCUT2D eigenvalue weighted by Gasteiger charge is -2.06. The molecule has 0 saturated carbocycles. The maximum Gasteiger partial charge on any atom is 0.241 e. The highest BCUT2D eigenvalue weighted by molar-refractivity contribution is 7.89. The highest BCUT2D eigenvalue weighted by atomic mass is 32.2. The van der Waals surface area contributed by atoms with Crippen LogP contribution >= 0.6 is 11.3 Å². The van der Waals surface area contributed by atoms with Gasteiger partial charge in [0.05, 0.1) is 26.7 Å². The smallest absolute Gasteiger partial charge is 0.241 e. The van der Waals surface area contributed by atoms with Gasteiger partial charge in [0.2, 0.25) is 15.9 Å². The molecule has 0 bridgehead atoms. The molecule has 1 aromatic carbocycles. The van der Waals surface area contributed by atoms with Crippen LogP contribution in [-0.2, 0) is 14.8 Å². The van der Waals surface area contributed by atoms with Crippen molar-refractivity contribution < 1.29 is 13.2 Å². The van der Waals surface area contributed by atoms with Crippen molar-refractivity contribution >= 4 is 43.3 Å². The van der Waals surface area contributed by atoms with E-state index in [0.717, 1.165) is 20.9 Å². The number of fused-ring (bicyclic) bond motifs is 1. The summed E-state index contributed by atoms with van der Waals surface area (Å²) in [6.45, 7) is 3.27. The molecular formula is C14H15N5O3S2. The Hall–Kier alpha value is -2.30. The molecule has 0 aliphatic heterocycles. The largest absolute Gasteiger partial charge is 0.308 e. The van der Waals surface area contributed by atoms with Gasteiger partial charge >= 0.3 is 0 Å². The minimum atomic E-state index is -3.78. The second-order valence-corrected chi connectivity index (χ2v) is 8.17. The van der Waals surface area contributed by atoms with Crippen LogP contribution in [0, 0.1) is 13.8 Å². The van der Waals surface area contributed by atoms with Gasteiger partial charge in [-0.15, -0.1) is 11.3 Å². The number of H-pyrrole nitrogens is 1. The van der Waals surface area contributed by atoms with Crippen molar-refractivity contribution in [3.63, 3.8) is 0 Å². The highest BCUT2D eigenvalue weighted by Crippen LogP contribution is 2.24. The number of aromatic amines is 1. The second kappa shape index (κ2) is 6.30. The van der Waals surface area contributed by atoms with Gasteiger partial charge in [-0.05, 0) is 32.0 Å². The average Bonchev–Trinajstić information content (AvgIpc) is 3.09. The first kappa shape index (κ1) is 16.6. The third-order valence-electron chi connectivity index (χ3n) is 3.17. The van der Waals surface area contributed by atoms with E-state index >= 15 is 0 Å². The first-order valence-electron chi connectivity index (χ1n) is 7.02. The second-order valence-electron chi connectivity index (χ2n) is 5.17. The third kappa shape index (κ3) is 3.61. The molecule has 3 rings (SSSR count). The molecule has 8 nitrogen and oxygen atoms in total. The molecule has 3 N–H and O–H groups in total. The van der Waals surface area contributed by atoms with Gasteiger partial charge in [0.15, 0.2) is 5.82 Å². The number of anilines is 1. The van der Waals surface area contributed by atoms with Crippen molar-refractivity contribution in [3.05, 3.63) is 35.0 Å². The standard InChI is InChI=1S/C14H15N5O3S2/c1-8-5-13(19-18-8)17-14(20)7-15-24(21,22)10-3-4-11-12(6-10)23-9(2)16-11/h3-6,15H,7H2,1-2H3,(H2,17,18,19,20). The van der Waals surface area contributed by atoms with Crippen LogP contribution in [0.25, 0.3) is 10.2 Å². The van der Waals surface area contributed by atoms with Crippen molar-refractivity contribution in [2.75, 3.05) is 11.9 Å². The number of aromatic nitrogens is 3. The van der Waals surface area contributed by atoms with Gasteiger partial charge < -0.3 is 5.32 Å². The zero-order chi connectivity index (χ0) is 17.3. The number of aryl methyl sites for hydroxylation is 2. The van der Waals surface area contributed by atoms with Crippen LogP contribution in [0.3, 0.4) is 0 Å². The maximum atomic E-state index is 12.3. The van der Waals surface area contributed by atoms with E-state index in [1.807, 2.05) is 6.92 Å². The summed E-state index contributed by atoms with van der Waals surface area (Å²) in [7, 11) is -3.78. The molecule has 0 aliphatic carbocycles. The number of sulfonamides is 1. The van der Waals surface area contributed by atoms with Crippen LogP contribution in [0.2, 0.25) is 0 Å². The van der Waals surface area contributed by atoms with E-state index in [4.69, 9.17) is 0 Å². The van der Waals surface area contributed by atoms with E-state index < -0.39 is 15.9 Å². The highest BCUT2D eigenvalue weighted by Gasteiger charge is 2.17. The Balaban J connectivity index is 1.69. The molecule has 0 radical (unpaired) electrons. The number of amides is 1. The number of thiazole rings is 1. The van der Waals surface area contributed by atoms with Crippen LogP contribution in [0.4, 0.5) is 5.82 Å². The minimum absolute atomic E-state index is 0.0991. The van der Waals surface area contributed by atoms with Crippen molar-refractivity contribution in [2.24, 2.45) is 0 Å². The van der Waals surface area contributed by atoms with Gasteiger partial charge in [-0.3, -0.25) is 9.89 Å². The third-order valence-corrected chi connectivity index (χ3v) is 5.51. The summed E-state index contributed by atoms with van der Waals surface area (Å²) in [4.78, 5) is 16.2. The molecule has 126 valence electrons. The predicted octanol–water partition coefficient (Wildman–Crippen LogP) is 1.55. The molecule has 0 fully saturated rings. The normalized spacial score (nSPS) is 11.8. The van der Waals surface area contributed by atoms with Crippen LogP contribution < -0.4 is 10.0 Å². The number of hydrogen-bond acceptors (Lipinski definition) is 6. The van der Waals surface area contributed by atoms with Crippen LogP contribution in [-0.4, -0.2) is 36.1 Å². The number of benzene rings is 1. The summed E-state index contributed by atoms with van der Waals surface area (Å²) < 4.78 is 27.7. The molecule has 0 atom stereocenters. The monoisotopic (exact) mass is 365 g/mol. The summed E-state index contributed by atoms with van der Waals surface area (Å²) >= 11 is 1.42. The number of nitrogens with zero attached hydrogens (tertiary/aromatic N) is 2. The van der Waals surface area contributed by atoms with Gasteiger partial charge in [-0.1, -0.05) is 0 Å². The fourth-order valence-electron chi connectivity index (χ4n) is 2.10. The first-order valence-corrected chi connectivity index (χ1v) is 9.32. The summed E-state index contributed by atoms with van der Waals surface area (Å²) in [6.07, 6.45) is 0. The Bertz CT molecular complexity index is 1010. The van der Waals surface area contributed by atoms with E-state index in [2.05, 4.69) is 25.2 Å². The number of rotatable bonds is 5. The molecular weight excluding hydrogens is 350 g/mol. The first-order chi connectivity index (χ1) is 11.3. The Morgan fingerprint density at radius 2 is 2.08 bits per heavy atom. The Kier molecular flexibility index (Phi) is 4.35. The Morgan fingerprint density at radius 3 is 2.79 bits per heavy atom. The molecule has 0 spiro atoms. The molecule has 24 heavy (non-hydrogen) atoms. The van der Waals surface area contributed by atoms with Crippen LogP contribution in [0.1, 0.15) is 10.7 Å². The molecule has 3 aromatic rings. The Labute approximate surface area is 142 Å². The van der Waals surface area contributed by atoms with Crippen molar-refractivity contribution in [1.29, 1.82) is 0 Å². The van der Waals surface area contributed by atoms with Crippen molar-refractivity contribution in [1.82, 2.24) is 19.9 Å². The van der Waals surface area contributed by atoms with E-state index in [0.29, 0.717) is 5.82 Å². The van der Waals surface area contributed by atoms with Crippen LogP contribution in [0.15, 0.2) is 29.2 Å². The molecule has 10 heteroatoms. The minimum Gasteiger partial charge on any atom is -0.308 e.